The maximum absolute atomic E-state index is 13.7. The Morgan fingerprint density at radius 2 is 1.66 bits per heavy atom. The van der Waals surface area contributed by atoms with Crippen LogP contribution >= 0.6 is 0 Å². The van der Waals surface area contributed by atoms with Crippen LogP contribution in [0.25, 0.3) is 32.4 Å². The smallest absolute Gasteiger partial charge is 0.251 e. The van der Waals surface area contributed by atoms with Gasteiger partial charge >= 0.3 is 0 Å². The molecule has 1 aromatic heterocycles. The van der Waals surface area contributed by atoms with Crippen LogP contribution in [0.5, 0.6) is 0 Å². The molecule has 5 nitrogen and oxygen atoms in total. The SMILES string of the molecule is Cc1ccc(C(=O)NCC2(C)C(=O)N(C)c3cccc4c3c2nc2ccc3ccccc3c24)cc1. The molecule has 6 rings (SSSR count). The van der Waals surface area contributed by atoms with Gasteiger partial charge in [0.2, 0.25) is 5.91 Å². The zero-order chi connectivity index (χ0) is 24.3. The first kappa shape index (κ1) is 21.3. The maximum atomic E-state index is 13.7. The summed E-state index contributed by atoms with van der Waals surface area (Å²) in [6, 6.07) is 25.9. The number of hydrogen-bond acceptors (Lipinski definition) is 3. The largest absolute Gasteiger partial charge is 0.351 e. The molecule has 0 aliphatic carbocycles. The van der Waals surface area contributed by atoms with Crippen LogP contribution in [-0.4, -0.2) is 30.4 Å². The van der Waals surface area contributed by atoms with E-state index in [-0.39, 0.29) is 18.4 Å². The molecule has 0 radical (unpaired) electrons. The van der Waals surface area contributed by atoms with Crippen LogP contribution in [0.15, 0.2) is 78.9 Å². The lowest BCUT2D eigenvalue weighted by atomic mass is 9.78. The van der Waals surface area contributed by atoms with Crippen molar-refractivity contribution in [2.24, 2.45) is 0 Å². The van der Waals surface area contributed by atoms with Gasteiger partial charge in [0.05, 0.1) is 16.9 Å². The minimum atomic E-state index is -1.01. The number of likely N-dealkylation sites (N-methyl/N-ethyl adjacent to an activating group) is 1. The van der Waals surface area contributed by atoms with E-state index < -0.39 is 5.41 Å². The van der Waals surface area contributed by atoms with Crippen molar-refractivity contribution >= 4 is 49.9 Å². The van der Waals surface area contributed by atoms with Crippen molar-refractivity contribution in [1.82, 2.24) is 10.3 Å². The van der Waals surface area contributed by atoms with Crippen LogP contribution in [0.3, 0.4) is 0 Å². The van der Waals surface area contributed by atoms with Crippen molar-refractivity contribution in [3.63, 3.8) is 0 Å². The number of carbonyl (C=O) groups is 2. The predicted octanol–water partition coefficient (Wildman–Crippen LogP) is 5.51. The Bertz CT molecular complexity index is 1670. The van der Waals surface area contributed by atoms with Gasteiger partial charge in [0.25, 0.3) is 5.91 Å². The summed E-state index contributed by atoms with van der Waals surface area (Å²) in [5.41, 5.74) is 3.03. The monoisotopic (exact) mass is 459 g/mol. The molecule has 1 aliphatic heterocycles. The Hall–Kier alpha value is -4.25. The number of pyridine rings is 1. The number of carbonyl (C=O) groups excluding carboxylic acids is 2. The molecular formula is C30H25N3O2. The highest BCUT2D eigenvalue weighted by molar-refractivity contribution is 6.25. The summed E-state index contributed by atoms with van der Waals surface area (Å²) >= 11 is 0. The highest BCUT2D eigenvalue weighted by Gasteiger charge is 2.45. The lowest BCUT2D eigenvalue weighted by Gasteiger charge is -2.38. The van der Waals surface area contributed by atoms with E-state index in [1.54, 1.807) is 24.1 Å². The molecule has 2 heterocycles. The maximum Gasteiger partial charge on any atom is 0.251 e. The molecule has 1 unspecified atom stereocenters. The van der Waals surface area contributed by atoms with Gasteiger partial charge in [-0.1, -0.05) is 60.2 Å². The number of rotatable bonds is 3. The molecule has 35 heavy (non-hydrogen) atoms. The number of aromatic nitrogens is 1. The highest BCUT2D eigenvalue weighted by atomic mass is 16.2. The number of hydrogen-bond donors (Lipinski definition) is 1. The van der Waals surface area contributed by atoms with Gasteiger partial charge in [0, 0.05) is 29.9 Å². The molecule has 1 atom stereocenters. The molecule has 5 aromatic rings. The average molecular weight is 460 g/mol. The molecule has 1 N–H and O–H groups in total. The van der Waals surface area contributed by atoms with Gasteiger partial charge in [-0.2, -0.15) is 0 Å². The molecule has 4 aromatic carbocycles. The van der Waals surface area contributed by atoms with Crippen molar-refractivity contribution in [3.8, 4) is 0 Å². The van der Waals surface area contributed by atoms with E-state index in [1.165, 1.54) is 0 Å². The van der Waals surface area contributed by atoms with Crippen molar-refractivity contribution in [1.29, 1.82) is 0 Å². The van der Waals surface area contributed by atoms with Crippen molar-refractivity contribution in [3.05, 3.63) is 95.7 Å². The second kappa shape index (κ2) is 7.64. The molecular weight excluding hydrogens is 434 g/mol. The molecule has 0 saturated carbocycles. The first-order valence-corrected chi connectivity index (χ1v) is 11.8. The Morgan fingerprint density at radius 3 is 2.46 bits per heavy atom. The first-order chi connectivity index (χ1) is 16.9. The van der Waals surface area contributed by atoms with Crippen LogP contribution in [0.2, 0.25) is 0 Å². The van der Waals surface area contributed by atoms with Crippen LogP contribution < -0.4 is 10.2 Å². The Morgan fingerprint density at radius 1 is 0.914 bits per heavy atom. The van der Waals surface area contributed by atoms with Gasteiger partial charge in [-0.25, -0.2) is 0 Å². The van der Waals surface area contributed by atoms with Gasteiger partial charge < -0.3 is 10.2 Å². The van der Waals surface area contributed by atoms with E-state index in [0.717, 1.165) is 43.7 Å². The molecule has 0 bridgehead atoms. The standard InChI is InChI=1S/C30H25N3O2/c1-18-11-13-20(14-12-18)28(34)31-17-30(2)27-26-22(9-6-10-24(26)33(3)29(30)35)25-21-8-5-4-7-19(21)15-16-23(25)32-27/h4-16H,17H2,1-3H3,(H,31,34). The Balaban J connectivity index is 1.54. The lowest BCUT2D eigenvalue weighted by molar-refractivity contribution is -0.123. The number of nitrogens with one attached hydrogen (secondary N) is 1. The van der Waals surface area contributed by atoms with Crippen LogP contribution in [0, 0.1) is 6.92 Å². The van der Waals surface area contributed by atoms with Crippen LogP contribution in [0.1, 0.15) is 28.5 Å². The number of amides is 2. The van der Waals surface area contributed by atoms with Gasteiger partial charge in [-0.05, 0) is 54.3 Å². The van der Waals surface area contributed by atoms with Crippen LogP contribution in [0.4, 0.5) is 5.69 Å². The minimum absolute atomic E-state index is 0.0886. The van der Waals surface area contributed by atoms with Crippen molar-refractivity contribution in [2.75, 3.05) is 18.5 Å². The second-order valence-electron chi connectivity index (χ2n) is 9.59. The molecule has 0 fully saturated rings. The van der Waals surface area contributed by atoms with E-state index >= 15 is 0 Å². The average Bonchev–Trinajstić information content (AvgIpc) is 2.89. The van der Waals surface area contributed by atoms with Gasteiger partial charge in [-0.15, -0.1) is 0 Å². The van der Waals surface area contributed by atoms with E-state index in [0.29, 0.717) is 11.3 Å². The van der Waals surface area contributed by atoms with Gasteiger partial charge in [0.15, 0.2) is 0 Å². The number of aryl methyl sites for hydroxylation is 1. The third kappa shape index (κ3) is 3.12. The fourth-order valence-electron chi connectivity index (χ4n) is 5.29. The molecule has 0 saturated heterocycles. The summed E-state index contributed by atoms with van der Waals surface area (Å²) in [5.74, 6) is -0.294. The first-order valence-electron chi connectivity index (χ1n) is 11.8. The number of benzene rings is 4. The van der Waals surface area contributed by atoms with E-state index in [4.69, 9.17) is 4.98 Å². The summed E-state index contributed by atoms with van der Waals surface area (Å²) < 4.78 is 0. The third-order valence-corrected chi connectivity index (χ3v) is 7.26. The molecule has 0 spiro atoms. The highest BCUT2D eigenvalue weighted by Crippen LogP contribution is 2.44. The summed E-state index contributed by atoms with van der Waals surface area (Å²) in [6.07, 6.45) is 0. The van der Waals surface area contributed by atoms with Gasteiger partial charge in [0.1, 0.15) is 5.41 Å². The quantitative estimate of drug-likeness (QED) is 0.362. The lowest BCUT2D eigenvalue weighted by Crippen LogP contribution is -2.53. The van der Waals surface area contributed by atoms with E-state index in [1.807, 2.05) is 56.3 Å². The number of anilines is 1. The summed E-state index contributed by atoms with van der Waals surface area (Å²) in [7, 11) is 1.80. The number of fused-ring (bicyclic) bond motifs is 4. The normalized spacial score (nSPS) is 17.3. The topological polar surface area (TPSA) is 62.3 Å². The predicted molar refractivity (Wildman–Crippen MR) is 141 cm³/mol. The second-order valence-corrected chi connectivity index (χ2v) is 9.59. The fourth-order valence-corrected chi connectivity index (χ4v) is 5.29. The van der Waals surface area contributed by atoms with Crippen LogP contribution in [-0.2, 0) is 10.2 Å². The Kier molecular flexibility index (Phi) is 4.65. The zero-order valence-electron chi connectivity index (χ0n) is 19.9. The molecule has 5 heteroatoms. The summed E-state index contributed by atoms with van der Waals surface area (Å²) in [4.78, 5) is 33.4. The van der Waals surface area contributed by atoms with E-state index in [9.17, 15) is 9.59 Å². The Labute approximate surface area is 203 Å². The van der Waals surface area contributed by atoms with Crippen molar-refractivity contribution < 1.29 is 9.59 Å². The zero-order valence-corrected chi connectivity index (χ0v) is 19.9. The fraction of sp³-hybridized carbons (Fsp3) is 0.167. The number of nitrogens with zero attached hydrogens (tertiary/aromatic N) is 2. The minimum Gasteiger partial charge on any atom is -0.351 e. The molecule has 1 aliphatic rings. The van der Waals surface area contributed by atoms with Crippen molar-refractivity contribution in [2.45, 2.75) is 19.3 Å². The molecule has 172 valence electrons. The van der Waals surface area contributed by atoms with Gasteiger partial charge in [-0.3, -0.25) is 14.6 Å². The van der Waals surface area contributed by atoms with E-state index in [2.05, 4.69) is 29.6 Å². The third-order valence-electron chi connectivity index (χ3n) is 7.26. The summed E-state index contributed by atoms with van der Waals surface area (Å²) in [5, 5.41) is 8.40. The summed E-state index contributed by atoms with van der Waals surface area (Å²) in [6.45, 7) is 4.01. The molecule has 2 amide bonds.